The molecule has 3 aromatic rings. The molecule has 1 aliphatic heterocycles. The molecule has 0 bridgehead atoms. The van der Waals surface area contributed by atoms with Crippen LogP contribution in [0, 0.1) is 12.8 Å². The van der Waals surface area contributed by atoms with Gasteiger partial charge >= 0.3 is 0 Å². The van der Waals surface area contributed by atoms with E-state index in [0.717, 1.165) is 11.3 Å². The molecule has 1 unspecified atom stereocenters. The van der Waals surface area contributed by atoms with Crippen LogP contribution in [0.4, 0.5) is 11.4 Å². The number of hydrogen-bond donors (Lipinski definition) is 1. The molecule has 40 heavy (non-hydrogen) atoms. The number of aliphatic hydroxyl groups excluding tert-OH is 1. The third kappa shape index (κ3) is 5.98. The van der Waals surface area contributed by atoms with Gasteiger partial charge < -0.3 is 19.5 Å². The Labute approximate surface area is 236 Å². The van der Waals surface area contributed by atoms with Crippen molar-refractivity contribution in [2.75, 3.05) is 30.5 Å². The number of hydrogen-bond acceptors (Lipinski definition) is 6. The number of aliphatic hydroxyl groups is 1. The Morgan fingerprint density at radius 3 is 2.15 bits per heavy atom. The molecule has 1 aliphatic rings. The second-order valence-electron chi connectivity index (χ2n) is 11.0. The Morgan fingerprint density at radius 1 is 0.950 bits per heavy atom. The summed E-state index contributed by atoms with van der Waals surface area (Å²) in [7, 11) is 3.89. The molecule has 0 aliphatic carbocycles. The normalized spacial score (nSPS) is 16.6. The first-order valence-corrected chi connectivity index (χ1v) is 13.6. The summed E-state index contributed by atoms with van der Waals surface area (Å²) < 4.78 is 11.6. The fourth-order valence-electron chi connectivity index (χ4n) is 4.70. The van der Waals surface area contributed by atoms with Crippen molar-refractivity contribution in [2.45, 2.75) is 46.8 Å². The van der Waals surface area contributed by atoms with Gasteiger partial charge in [0.25, 0.3) is 11.7 Å². The molecule has 0 spiro atoms. The molecule has 4 rings (SSSR count). The van der Waals surface area contributed by atoms with Crippen molar-refractivity contribution in [1.29, 1.82) is 0 Å². The number of amides is 1. The van der Waals surface area contributed by atoms with E-state index in [-0.39, 0.29) is 17.4 Å². The number of benzene rings is 3. The van der Waals surface area contributed by atoms with Gasteiger partial charge in [0.15, 0.2) is 0 Å². The minimum Gasteiger partial charge on any atom is -0.507 e. The predicted molar refractivity (Wildman–Crippen MR) is 159 cm³/mol. The topological polar surface area (TPSA) is 79.3 Å². The highest BCUT2D eigenvalue weighted by molar-refractivity contribution is 6.51. The summed E-state index contributed by atoms with van der Waals surface area (Å²) in [6.07, 6.45) is 0.000840. The summed E-state index contributed by atoms with van der Waals surface area (Å²) in [5, 5.41) is 11.5. The first-order chi connectivity index (χ1) is 19.0. The molecule has 7 nitrogen and oxygen atoms in total. The zero-order valence-corrected chi connectivity index (χ0v) is 24.3. The van der Waals surface area contributed by atoms with Crippen molar-refractivity contribution < 1.29 is 24.2 Å². The van der Waals surface area contributed by atoms with Gasteiger partial charge in [-0.3, -0.25) is 14.5 Å². The van der Waals surface area contributed by atoms with Gasteiger partial charge in [-0.25, -0.2) is 0 Å². The largest absolute Gasteiger partial charge is 0.507 e. The third-order valence-corrected chi connectivity index (χ3v) is 6.68. The maximum atomic E-state index is 13.5. The fraction of sp³-hybridized carbons (Fsp3) is 0.333. The third-order valence-electron chi connectivity index (χ3n) is 6.68. The van der Waals surface area contributed by atoms with E-state index in [0.29, 0.717) is 40.8 Å². The Morgan fingerprint density at radius 2 is 1.60 bits per heavy atom. The predicted octanol–water partition coefficient (Wildman–Crippen LogP) is 6.51. The van der Waals surface area contributed by atoms with Crippen LogP contribution in [0.1, 0.15) is 50.4 Å². The molecular formula is C33H38N2O5. The van der Waals surface area contributed by atoms with Crippen LogP contribution < -0.4 is 19.3 Å². The number of aryl methyl sites for hydroxylation is 1. The summed E-state index contributed by atoms with van der Waals surface area (Å²) in [5.74, 6) is 0.0886. The highest BCUT2D eigenvalue weighted by Gasteiger charge is 2.47. The van der Waals surface area contributed by atoms with Crippen molar-refractivity contribution in [2.24, 2.45) is 5.92 Å². The monoisotopic (exact) mass is 542 g/mol. The summed E-state index contributed by atoms with van der Waals surface area (Å²) in [4.78, 5) is 30.5. The van der Waals surface area contributed by atoms with E-state index in [2.05, 4.69) is 13.8 Å². The molecule has 1 saturated heterocycles. The van der Waals surface area contributed by atoms with Crippen molar-refractivity contribution in [3.8, 4) is 11.5 Å². The minimum atomic E-state index is -0.815. The number of rotatable bonds is 9. The maximum absolute atomic E-state index is 13.5. The van der Waals surface area contributed by atoms with Crippen LogP contribution in [-0.4, -0.2) is 43.6 Å². The lowest BCUT2D eigenvalue weighted by Crippen LogP contribution is -2.29. The molecule has 3 aromatic carbocycles. The lowest BCUT2D eigenvalue weighted by molar-refractivity contribution is -0.132. The smallest absolute Gasteiger partial charge is 0.300 e. The molecule has 0 saturated carbocycles. The molecule has 1 N–H and O–H groups in total. The van der Waals surface area contributed by atoms with Crippen molar-refractivity contribution in [1.82, 2.24) is 0 Å². The van der Waals surface area contributed by atoms with Gasteiger partial charge in [0.2, 0.25) is 0 Å². The van der Waals surface area contributed by atoms with Crippen LogP contribution in [0.3, 0.4) is 0 Å². The zero-order chi connectivity index (χ0) is 29.1. The molecular weight excluding hydrogens is 504 g/mol. The van der Waals surface area contributed by atoms with E-state index >= 15 is 0 Å². The van der Waals surface area contributed by atoms with E-state index in [4.69, 9.17) is 9.47 Å². The molecule has 1 amide bonds. The average Bonchev–Trinajstić information content (AvgIpc) is 3.17. The van der Waals surface area contributed by atoms with E-state index in [1.165, 1.54) is 4.90 Å². The number of ketones is 1. The minimum absolute atomic E-state index is 0.000840. The molecule has 0 aromatic heterocycles. The van der Waals surface area contributed by atoms with Crippen LogP contribution in [0.25, 0.3) is 5.76 Å². The summed E-state index contributed by atoms with van der Waals surface area (Å²) in [6, 6.07) is 19.2. The Kier molecular flexibility index (Phi) is 8.52. The van der Waals surface area contributed by atoms with Crippen molar-refractivity contribution in [3.05, 3.63) is 89.0 Å². The molecule has 1 atom stereocenters. The summed E-state index contributed by atoms with van der Waals surface area (Å²) >= 11 is 0. The SMILES string of the molecule is Cc1cc(/C(O)=C2/C(=O)C(=O)N(c3ccc(OC(C)C)cc3)C2c2ccc(N(C)C)cc2)ccc1OCC(C)C. The van der Waals surface area contributed by atoms with Gasteiger partial charge in [0, 0.05) is 31.0 Å². The Bertz CT molecular complexity index is 1410. The number of Topliss-reactive ketones (excluding diaryl/α,β-unsaturated/α-hetero) is 1. The Balaban J connectivity index is 1.82. The number of carbonyl (C=O) groups is 2. The van der Waals surface area contributed by atoms with Gasteiger partial charge in [-0.2, -0.15) is 0 Å². The average molecular weight is 543 g/mol. The van der Waals surface area contributed by atoms with E-state index in [9.17, 15) is 14.7 Å². The molecule has 1 heterocycles. The molecule has 7 heteroatoms. The number of ether oxygens (including phenoxy) is 2. The fourth-order valence-corrected chi connectivity index (χ4v) is 4.70. The second-order valence-corrected chi connectivity index (χ2v) is 11.0. The number of nitrogens with zero attached hydrogens (tertiary/aromatic N) is 2. The maximum Gasteiger partial charge on any atom is 0.300 e. The van der Waals surface area contributed by atoms with Crippen LogP contribution >= 0.6 is 0 Å². The van der Waals surface area contributed by atoms with Gasteiger partial charge in [0.05, 0.1) is 24.3 Å². The molecule has 1 fully saturated rings. The van der Waals surface area contributed by atoms with Crippen LogP contribution in [0.5, 0.6) is 11.5 Å². The van der Waals surface area contributed by atoms with E-state index < -0.39 is 17.7 Å². The van der Waals surface area contributed by atoms with E-state index in [1.54, 1.807) is 42.5 Å². The zero-order valence-electron chi connectivity index (χ0n) is 24.3. The summed E-state index contributed by atoms with van der Waals surface area (Å²) in [6.45, 7) is 10.5. The highest BCUT2D eigenvalue weighted by Crippen LogP contribution is 2.43. The quantitative estimate of drug-likeness (QED) is 0.189. The summed E-state index contributed by atoms with van der Waals surface area (Å²) in [5.41, 5.74) is 3.54. The van der Waals surface area contributed by atoms with Gasteiger partial charge in [-0.15, -0.1) is 0 Å². The molecule has 210 valence electrons. The first kappa shape index (κ1) is 28.7. The van der Waals surface area contributed by atoms with Gasteiger partial charge in [-0.05, 0) is 92.4 Å². The van der Waals surface area contributed by atoms with E-state index in [1.807, 2.05) is 64.0 Å². The number of anilines is 2. The van der Waals surface area contributed by atoms with Crippen LogP contribution in [0.15, 0.2) is 72.3 Å². The lowest BCUT2D eigenvalue weighted by Gasteiger charge is -2.26. The van der Waals surface area contributed by atoms with Crippen molar-refractivity contribution >= 4 is 28.8 Å². The van der Waals surface area contributed by atoms with Gasteiger partial charge in [0.1, 0.15) is 17.3 Å². The standard InChI is InChI=1S/C33H38N2O5/c1-20(2)19-39-28-17-10-24(18-22(28)5)31(36)29-30(23-8-11-25(12-9-23)34(6)7)35(33(38)32(29)37)26-13-15-27(16-14-26)40-21(3)4/h8-18,20-21,30,36H,19H2,1-7H3/b31-29-. The first-order valence-electron chi connectivity index (χ1n) is 13.6. The second kappa shape index (κ2) is 11.9. The Hall–Kier alpha value is -4.26. The van der Waals surface area contributed by atoms with Crippen molar-refractivity contribution in [3.63, 3.8) is 0 Å². The van der Waals surface area contributed by atoms with Crippen LogP contribution in [0.2, 0.25) is 0 Å². The molecule has 0 radical (unpaired) electrons. The number of carbonyl (C=O) groups excluding carboxylic acids is 2. The lowest BCUT2D eigenvalue weighted by atomic mass is 9.94. The van der Waals surface area contributed by atoms with Gasteiger partial charge in [-0.1, -0.05) is 26.0 Å². The van der Waals surface area contributed by atoms with Crippen LogP contribution in [-0.2, 0) is 9.59 Å². The highest BCUT2D eigenvalue weighted by atomic mass is 16.5.